The number of nitrogens with two attached hydrogens (primary N) is 1. The van der Waals surface area contributed by atoms with Gasteiger partial charge in [0.2, 0.25) is 0 Å². The lowest BCUT2D eigenvalue weighted by Crippen LogP contribution is -2.54. The van der Waals surface area contributed by atoms with E-state index in [2.05, 4.69) is 5.32 Å². The van der Waals surface area contributed by atoms with Gasteiger partial charge in [0.25, 0.3) is 11.6 Å². The van der Waals surface area contributed by atoms with Crippen LogP contribution in [-0.4, -0.2) is 34.9 Å². The second kappa shape index (κ2) is 7.36. The minimum absolute atomic E-state index is 0.0355. The van der Waals surface area contributed by atoms with Crippen LogP contribution in [-0.2, 0) is 0 Å². The summed E-state index contributed by atoms with van der Waals surface area (Å²) in [4.78, 5) is 25.7. The molecule has 0 spiro atoms. The molecule has 2 aromatic rings. The van der Waals surface area contributed by atoms with Crippen molar-refractivity contribution in [2.75, 3.05) is 18.4 Å². The number of anilines is 2. The normalized spacial score (nSPS) is 18.8. The zero-order chi connectivity index (χ0) is 19.6. The molecule has 1 aliphatic heterocycles. The van der Waals surface area contributed by atoms with E-state index in [4.69, 9.17) is 5.73 Å². The number of likely N-dealkylation sites (tertiary alicyclic amines) is 1. The third-order valence-corrected chi connectivity index (χ3v) is 5.09. The minimum Gasteiger partial charge on any atom is -0.350 e. The highest BCUT2D eigenvalue weighted by molar-refractivity contribution is 5.96. The Kier molecular flexibility index (Phi) is 5.14. The summed E-state index contributed by atoms with van der Waals surface area (Å²) in [6.07, 6.45) is 0.717. The quantitative estimate of drug-likeness (QED) is 0.635. The van der Waals surface area contributed by atoms with E-state index in [-0.39, 0.29) is 23.1 Å². The van der Waals surface area contributed by atoms with Gasteiger partial charge in [-0.05, 0) is 36.1 Å². The second-order valence-electron chi connectivity index (χ2n) is 7.59. The molecule has 1 fully saturated rings. The van der Waals surface area contributed by atoms with Crippen molar-refractivity contribution in [3.8, 4) is 0 Å². The van der Waals surface area contributed by atoms with E-state index in [1.54, 1.807) is 17.0 Å². The Bertz CT molecular complexity index is 852. The van der Waals surface area contributed by atoms with Crippen LogP contribution in [0.4, 0.5) is 17.1 Å². The van der Waals surface area contributed by atoms with Gasteiger partial charge in [-0.25, -0.2) is 0 Å². The zero-order valence-corrected chi connectivity index (χ0v) is 15.5. The Balaban J connectivity index is 1.85. The van der Waals surface area contributed by atoms with Crippen molar-refractivity contribution < 1.29 is 9.72 Å². The van der Waals surface area contributed by atoms with Gasteiger partial charge in [-0.15, -0.1) is 0 Å². The van der Waals surface area contributed by atoms with Crippen LogP contribution in [0.5, 0.6) is 0 Å². The first-order chi connectivity index (χ1) is 12.8. The number of nitrogens with one attached hydrogen (secondary N) is 1. The van der Waals surface area contributed by atoms with E-state index in [9.17, 15) is 14.9 Å². The summed E-state index contributed by atoms with van der Waals surface area (Å²) >= 11 is 0. The van der Waals surface area contributed by atoms with Crippen molar-refractivity contribution in [1.29, 1.82) is 0 Å². The maximum absolute atomic E-state index is 12.9. The van der Waals surface area contributed by atoms with Gasteiger partial charge >= 0.3 is 0 Å². The third-order valence-electron chi connectivity index (χ3n) is 5.09. The zero-order valence-electron chi connectivity index (χ0n) is 15.5. The molecular weight excluding hydrogens is 344 g/mol. The molecular formula is C20H24N4O3. The Morgan fingerprint density at radius 2 is 1.96 bits per heavy atom. The Morgan fingerprint density at radius 1 is 1.26 bits per heavy atom. The van der Waals surface area contributed by atoms with Crippen LogP contribution >= 0.6 is 0 Å². The standard InChI is InChI=1S/C20H24N4O3/c1-20(2)13-23(11-10-18(20)21)19(25)14-8-9-16(17(12-14)24(26)27)22-15-6-4-3-5-7-15/h3-9,12,18,22H,10-11,13,21H2,1-2H3. The van der Waals surface area contributed by atoms with Crippen LogP contribution in [0.2, 0.25) is 0 Å². The van der Waals surface area contributed by atoms with Crippen molar-refractivity contribution in [3.63, 3.8) is 0 Å². The predicted octanol–water partition coefficient (Wildman–Crippen LogP) is 3.54. The number of nitrogens with zero attached hydrogens (tertiary/aromatic N) is 2. The van der Waals surface area contributed by atoms with Crippen molar-refractivity contribution in [2.24, 2.45) is 11.1 Å². The van der Waals surface area contributed by atoms with E-state index in [0.29, 0.717) is 30.8 Å². The number of rotatable bonds is 4. The Labute approximate surface area is 158 Å². The molecule has 7 nitrogen and oxygen atoms in total. The highest BCUT2D eigenvalue weighted by Gasteiger charge is 2.36. The van der Waals surface area contributed by atoms with E-state index in [1.165, 1.54) is 6.07 Å². The smallest absolute Gasteiger partial charge is 0.293 e. The minimum atomic E-state index is -0.474. The largest absolute Gasteiger partial charge is 0.350 e. The lowest BCUT2D eigenvalue weighted by molar-refractivity contribution is -0.383. The van der Waals surface area contributed by atoms with Crippen LogP contribution in [0.15, 0.2) is 48.5 Å². The summed E-state index contributed by atoms with van der Waals surface area (Å²) < 4.78 is 0. The summed E-state index contributed by atoms with van der Waals surface area (Å²) in [7, 11) is 0. The number of nitro benzene ring substituents is 1. The second-order valence-corrected chi connectivity index (χ2v) is 7.59. The molecule has 0 aromatic heterocycles. The van der Waals surface area contributed by atoms with Crippen molar-refractivity contribution in [3.05, 3.63) is 64.2 Å². The van der Waals surface area contributed by atoms with Crippen LogP contribution < -0.4 is 11.1 Å². The number of piperidine rings is 1. The molecule has 1 amide bonds. The Morgan fingerprint density at radius 3 is 2.59 bits per heavy atom. The maximum atomic E-state index is 12.9. The summed E-state index contributed by atoms with van der Waals surface area (Å²) in [5.74, 6) is -0.204. The number of hydrogen-bond acceptors (Lipinski definition) is 5. The van der Waals surface area contributed by atoms with Gasteiger partial charge in [-0.1, -0.05) is 32.0 Å². The molecule has 0 bridgehead atoms. The van der Waals surface area contributed by atoms with Gasteiger partial charge < -0.3 is 16.0 Å². The van der Waals surface area contributed by atoms with E-state index in [0.717, 1.165) is 5.69 Å². The van der Waals surface area contributed by atoms with Crippen molar-refractivity contribution in [2.45, 2.75) is 26.3 Å². The molecule has 142 valence electrons. The molecule has 0 radical (unpaired) electrons. The van der Waals surface area contributed by atoms with E-state index in [1.807, 2.05) is 44.2 Å². The number of nitro groups is 1. The molecule has 7 heteroatoms. The first-order valence-corrected chi connectivity index (χ1v) is 8.93. The van der Waals surface area contributed by atoms with Gasteiger partial charge in [0.1, 0.15) is 5.69 Å². The maximum Gasteiger partial charge on any atom is 0.293 e. The first-order valence-electron chi connectivity index (χ1n) is 8.93. The molecule has 1 heterocycles. The fraction of sp³-hybridized carbons (Fsp3) is 0.350. The van der Waals surface area contributed by atoms with Crippen molar-refractivity contribution in [1.82, 2.24) is 4.90 Å². The molecule has 1 unspecified atom stereocenters. The van der Waals surface area contributed by atoms with Gasteiger partial charge in [0.05, 0.1) is 4.92 Å². The summed E-state index contributed by atoms with van der Waals surface area (Å²) in [6.45, 7) is 5.16. The monoisotopic (exact) mass is 368 g/mol. The molecule has 1 aliphatic rings. The first kappa shape index (κ1) is 18.8. The highest BCUT2D eigenvalue weighted by atomic mass is 16.6. The van der Waals surface area contributed by atoms with E-state index >= 15 is 0 Å². The van der Waals surface area contributed by atoms with Crippen LogP contribution in [0, 0.1) is 15.5 Å². The molecule has 1 saturated heterocycles. The number of amides is 1. The summed E-state index contributed by atoms with van der Waals surface area (Å²) in [5.41, 5.74) is 7.23. The lowest BCUT2D eigenvalue weighted by atomic mass is 9.79. The summed E-state index contributed by atoms with van der Waals surface area (Å²) in [5, 5.41) is 14.6. The molecule has 1 atom stereocenters. The molecule has 0 aliphatic carbocycles. The van der Waals surface area contributed by atoms with Crippen LogP contribution in [0.1, 0.15) is 30.6 Å². The third kappa shape index (κ3) is 4.09. The average molecular weight is 368 g/mol. The molecule has 3 rings (SSSR count). The molecule has 27 heavy (non-hydrogen) atoms. The molecule has 0 saturated carbocycles. The Hall–Kier alpha value is -2.93. The van der Waals surface area contributed by atoms with Crippen molar-refractivity contribution >= 4 is 23.0 Å². The number of carbonyl (C=O) groups excluding carboxylic acids is 1. The van der Waals surface area contributed by atoms with Crippen LogP contribution in [0.3, 0.4) is 0 Å². The highest BCUT2D eigenvalue weighted by Crippen LogP contribution is 2.31. The number of carbonyl (C=O) groups is 1. The topological polar surface area (TPSA) is 102 Å². The predicted molar refractivity (Wildman–Crippen MR) is 105 cm³/mol. The van der Waals surface area contributed by atoms with Crippen LogP contribution in [0.25, 0.3) is 0 Å². The molecule has 2 aromatic carbocycles. The van der Waals surface area contributed by atoms with Gasteiger partial charge in [0.15, 0.2) is 0 Å². The van der Waals surface area contributed by atoms with Gasteiger partial charge in [-0.3, -0.25) is 14.9 Å². The number of benzene rings is 2. The van der Waals surface area contributed by atoms with E-state index < -0.39 is 4.92 Å². The number of para-hydroxylation sites is 1. The van der Waals surface area contributed by atoms with Gasteiger partial charge in [-0.2, -0.15) is 0 Å². The lowest BCUT2D eigenvalue weighted by Gasteiger charge is -2.42. The fourth-order valence-corrected chi connectivity index (χ4v) is 3.33. The molecule has 3 N–H and O–H groups in total. The SMILES string of the molecule is CC1(C)CN(C(=O)c2ccc(Nc3ccccc3)c([N+](=O)[O-])c2)CCC1N. The fourth-order valence-electron chi connectivity index (χ4n) is 3.33. The number of hydrogen-bond donors (Lipinski definition) is 2. The van der Waals surface area contributed by atoms with Gasteiger partial charge in [0, 0.05) is 36.4 Å². The summed E-state index contributed by atoms with van der Waals surface area (Å²) in [6, 6.07) is 13.8. The average Bonchev–Trinajstić information content (AvgIpc) is 2.64.